The van der Waals surface area contributed by atoms with Crippen LogP contribution in [0.4, 0.5) is 17.6 Å². The van der Waals surface area contributed by atoms with Gasteiger partial charge in [0.15, 0.2) is 0 Å². The zero-order valence-electron chi connectivity index (χ0n) is 25.4. The van der Waals surface area contributed by atoms with Gasteiger partial charge in [0, 0.05) is 28.3 Å². The molecule has 2 atom stereocenters. The Kier molecular flexibility index (Phi) is 7.01. The molecule has 0 unspecified atom stereocenters. The summed E-state index contributed by atoms with van der Waals surface area (Å²) in [6, 6.07) is 7.71. The second kappa shape index (κ2) is 10.7. The van der Waals surface area contributed by atoms with Gasteiger partial charge >= 0.3 is 6.18 Å². The maximum Gasteiger partial charge on any atom is 0.419 e. The first kappa shape index (κ1) is 30.9. The van der Waals surface area contributed by atoms with Crippen molar-refractivity contribution in [1.82, 2.24) is 20.1 Å². The van der Waals surface area contributed by atoms with Crippen LogP contribution in [0.5, 0.6) is 11.5 Å². The summed E-state index contributed by atoms with van der Waals surface area (Å²) in [5.74, 6) is -3.00. The van der Waals surface area contributed by atoms with Crippen LogP contribution in [0.2, 0.25) is 0 Å². The number of nitrogens with two attached hydrogens (primary N) is 1. The molecule has 3 heterocycles. The van der Waals surface area contributed by atoms with Gasteiger partial charge in [0.1, 0.15) is 46.1 Å². The van der Waals surface area contributed by atoms with Crippen molar-refractivity contribution < 1.29 is 41.7 Å². The SMILES string of the molecule is COc1cc(C(=O)NC[C@](O)(c2cc3c(c(-c4cccc(C(F)(F)F)c4F)n2)OC[C@]3(C)C(N)=O)C2CC2)cc2cn(C3CC3)nc12. The smallest absolute Gasteiger partial charge is 0.419 e. The average Bonchev–Trinajstić information content (AvgIpc) is 3.98. The number of hydrogen-bond donors (Lipinski definition) is 3. The molecule has 47 heavy (non-hydrogen) atoms. The number of hydrogen-bond acceptors (Lipinski definition) is 7. The highest BCUT2D eigenvalue weighted by atomic mass is 19.4. The number of rotatable bonds is 9. The molecule has 10 nitrogen and oxygen atoms in total. The molecule has 2 saturated carbocycles. The van der Waals surface area contributed by atoms with Crippen LogP contribution in [-0.4, -0.2) is 51.9 Å². The van der Waals surface area contributed by atoms with E-state index in [1.165, 1.54) is 20.1 Å². The zero-order valence-corrected chi connectivity index (χ0v) is 25.4. The summed E-state index contributed by atoms with van der Waals surface area (Å²) in [6.07, 6.45) is 0.0163. The number of halogens is 4. The molecule has 2 aliphatic carbocycles. The van der Waals surface area contributed by atoms with Crippen molar-refractivity contribution in [2.24, 2.45) is 11.7 Å². The Morgan fingerprint density at radius 1 is 1.19 bits per heavy atom. The number of amides is 2. The predicted molar refractivity (Wildman–Crippen MR) is 160 cm³/mol. The van der Waals surface area contributed by atoms with Crippen molar-refractivity contribution in [1.29, 1.82) is 0 Å². The number of ether oxygens (including phenoxy) is 2. The minimum Gasteiger partial charge on any atom is -0.494 e. The van der Waals surface area contributed by atoms with Crippen molar-refractivity contribution in [2.75, 3.05) is 20.3 Å². The first-order valence-electron chi connectivity index (χ1n) is 15.2. The number of alkyl halides is 3. The van der Waals surface area contributed by atoms with Gasteiger partial charge in [-0.3, -0.25) is 14.3 Å². The average molecular weight is 654 g/mol. The number of pyridine rings is 1. The minimum absolute atomic E-state index is 0.0671. The third-order valence-electron chi connectivity index (χ3n) is 9.38. The Balaban J connectivity index is 1.28. The minimum atomic E-state index is -5.00. The number of aliphatic hydroxyl groups is 1. The van der Waals surface area contributed by atoms with Crippen LogP contribution in [0, 0.1) is 11.7 Å². The lowest BCUT2D eigenvalue weighted by atomic mass is 9.81. The lowest BCUT2D eigenvalue weighted by molar-refractivity contribution is -0.139. The van der Waals surface area contributed by atoms with Crippen LogP contribution < -0.4 is 20.5 Å². The van der Waals surface area contributed by atoms with E-state index in [1.807, 2.05) is 10.9 Å². The number of benzene rings is 2. The number of primary amides is 1. The Hall–Kier alpha value is -4.72. The van der Waals surface area contributed by atoms with Crippen molar-refractivity contribution >= 4 is 22.7 Å². The van der Waals surface area contributed by atoms with E-state index in [-0.39, 0.29) is 41.4 Å². The van der Waals surface area contributed by atoms with E-state index in [4.69, 9.17) is 15.2 Å². The van der Waals surface area contributed by atoms with E-state index < -0.39 is 51.9 Å². The molecule has 0 saturated heterocycles. The van der Waals surface area contributed by atoms with Gasteiger partial charge in [-0.2, -0.15) is 18.3 Å². The molecular weight excluding hydrogens is 622 g/mol. The normalized spacial score (nSPS) is 20.4. The molecule has 0 bridgehead atoms. The highest BCUT2D eigenvalue weighted by Gasteiger charge is 2.50. The Labute approximate surface area is 265 Å². The summed E-state index contributed by atoms with van der Waals surface area (Å²) in [4.78, 5) is 30.6. The van der Waals surface area contributed by atoms with E-state index in [0.717, 1.165) is 25.0 Å². The number of carbonyl (C=O) groups excluding carboxylic acids is 2. The molecule has 2 aromatic carbocycles. The highest BCUT2D eigenvalue weighted by Crippen LogP contribution is 2.50. The van der Waals surface area contributed by atoms with Crippen molar-refractivity contribution in [3.05, 3.63) is 70.8 Å². The van der Waals surface area contributed by atoms with E-state index in [9.17, 15) is 27.9 Å². The van der Waals surface area contributed by atoms with E-state index >= 15 is 4.39 Å². The summed E-state index contributed by atoms with van der Waals surface area (Å²) in [5.41, 5.74) is 1.02. The second-order valence-electron chi connectivity index (χ2n) is 12.7. The number of fused-ring (bicyclic) bond motifs is 2. The molecule has 2 aromatic heterocycles. The summed E-state index contributed by atoms with van der Waals surface area (Å²) in [7, 11) is 1.48. The van der Waals surface area contributed by atoms with Crippen LogP contribution in [0.1, 0.15) is 65.8 Å². The first-order valence-corrected chi connectivity index (χ1v) is 15.2. The van der Waals surface area contributed by atoms with Crippen molar-refractivity contribution in [2.45, 2.75) is 55.8 Å². The van der Waals surface area contributed by atoms with Crippen molar-refractivity contribution in [3.8, 4) is 22.8 Å². The summed E-state index contributed by atoms with van der Waals surface area (Å²) < 4.78 is 69.6. The predicted octanol–water partition coefficient (Wildman–Crippen LogP) is 4.76. The van der Waals surface area contributed by atoms with Crippen LogP contribution >= 0.6 is 0 Å². The van der Waals surface area contributed by atoms with Crippen LogP contribution in [-0.2, 0) is 22.0 Å². The molecule has 2 amide bonds. The molecule has 2 fully saturated rings. The van der Waals surface area contributed by atoms with Gasteiger partial charge < -0.3 is 25.6 Å². The van der Waals surface area contributed by atoms with Crippen molar-refractivity contribution in [3.63, 3.8) is 0 Å². The lowest BCUT2D eigenvalue weighted by Gasteiger charge is -2.30. The summed E-state index contributed by atoms with van der Waals surface area (Å²) >= 11 is 0. The van der Waals surface area contributed by atoms with Gasteiger partial charge in [-0.05, 0) is 68.9 Å². The Bertz CT molecular complexity index is 1950. The standard InChI is InChI=1S/C33H31F4N5O5/c1-31(30(38)44)15-47-28-22(31)12-24(40-27(28)20-4-3-5-21(25(20)34)33(35,36)37)32(45,18-6-7-18)14-39-29(43)16-10-17-13-42(19-8-9-19)41-26(17)23(11-16)46-2/h3-5,10-13,18-19,45H,6-9,14-15H2,1-2H3,(H2,38,44)(H,39,43)/t31-,32+/m0/s1. The molecular formula is C33H31F4N5O5. The van der Waals surface area contributed by atoms with E-state index in [1.54, 1.807) is 12.1 Å². The fourth-order valence-electron chi connectivity index (χ4n) is 6.18. The highest BCUT2D eigenvalue weighted by molar-refractivity contribution is 6.00. The fraction of sp³-hybridized carbons (Fsp3) is 0.394. The van der Waals surface area contributed by atoms with E-state index in [0.29, 0.717) is 41.6 Å². The van der Waals surface area contributed by atoms with Gasteiger partial charge in [-0.25, -0.2) is 9.37 Å². The molecule has 4 aromatic rings. The van der Waals surface area contributed by atoms with Gasteiger partial charge in [0.05, 0.1) is 31.0 Å². The Morgan fingerprint density at radius 2 is 1.94 bits per heavy atom. The van der Waals surface area contributed by atoms with Gasteiger partial charge in [-0.15, -0.1) is 0 Å². The molecule has 3 aliphatic rings. The number of methoxy groups -OCH3 is 1. The van der Waals surface area contributed by atoms with Gasteiger partial charge in [0.2, 0.25) is 5.91 Å². The monoisotopic (exact) mass is 653 g/mol. The molecule has 7 rings (SSSR count). The molecule has 246 valence electrons. The molecule has 1 aliphatic heterocycles. The zero-order chi connectivity index (χ0) is 33.5. The van der Waals surface area contributed by atoms with Crippen LogP contribution in [0.25, 0.3) is 22.2 Å². The molecule has 0 radical (unpaired) electrons. The maximum atomic E-state index is 15.5. The summed E-state index contributed by atoms with van der Waals surface area (Å²) in [6.45, 7) is 0.878. The molecule has 4 N–H and O–H groups in total. The molecule has 14 heteroatoms. The topological polar surface area (TPSA) is 142 Å². The van der Waals surface area contributed by atoms with Gasteiger partial charge in [0.25, 0.3) is 5.91 Å². The maximum absolute atomic E-state index is 15.5. The molecule has 0 spiro atoms. The summed E-state index contributed by atoms with van der Waals surface area (Å²) in [5, 5.41) is 20.3. The van der Waals surface area contributed by atoms with E-state index in [2.05, 4.69) is 15.4 Å². The number of aromatic nitrogens is 3. The van der Waals surface area contributed by atoms with Crippen LogP contribution in [0.15, 0.2) is 42.6 Å². The van der Waals surface area contributed by atoms with Crippen LogP contribution in [0.3, 0.4) is 0 Å². The quantitative estimate of drug-likeness (QED) is 0.221. The largest absolute Gasteiger partial charge is 0.494 e. The number of nitrogens with zero attached hydrogens (tertiary/aromatic N) is 3. The number of nitrogens with one attached hydrogen (secondary N) is 1. The fourth-order valence-corrected chi connectivity index (χ4v) is 6.18. The van der Waals surface area contributed by atoms with Gasteiger partial charge in [-0.1, -0.05) is 6.07 Å². The Morgan fingerprint density at radius 3 is 2.57 bits per heavy atom. The number of carbonyl (C=O) groups is 2. The first-order chi connectivity index (χ1) is 22.2. The second-order valence-corrected chi connectivity index (χ2v) is 12.7. The lowest BCUT2D eigenvalue weighted by Crippen LogP contribution is -2.44. The third kappa shape index (κ3) is 5.14. The third-order valence-corrected chi connectivity index (χ3v) is 9.38.